The Balaban J connectivity index is 3.19. The van der Waals surface area contributed by atoms with Crippen LogP contribution in [0.2, 0.25) is 0 Å². The molecule has 0 saturated heterocycles. The molecule has 0 radical (unpaired) electrons. The first-order valence-corrected chi connectivity index (χ1v) is 5.24. The maximum absolute atomic E-state index is 8.84. The van der Waals surface area contributed by atoms with Crippen LogP contribution in [0.3, 0.4) is 0 Å². The third-order valence-corrected chi connectivity index (χ3v) is 2.56. The summed E-state index contributed by atoms with van der Waals surface area (Å²) in [5.74, 6) is 1.98. The van der Waals surface area contributed by atoms with Gasteiger partial charge in [0.2, 0.25) is 0 Å². The fourth-order valence-electron chi connectivity index (χ4n) is 0.629. The lowest BCUT2D eigenvalue weighted by molar-refractivity contribution is 0.205. The van der Waals surface area contributed by atoms with Crippen molar-refractivity contribution in [1.29, 1.82) is 0 Å². The fourth-order valence-corrected chi connectivity index (χ4v) is 1.73. The van der Waals surface area contributed by atoms with Gasteiger partial charge in [0.1, 0.15) is 0 Å². The zero-order chi connectivity index (χ0) is 9.45. The van der Waals surface area contributed by atoms with Gasteiger partial charge in [-0.1, -0.05) is 0 Å². The van der Waals surface area contributed by atoms with E-state index in [2.05, 4.69) is 0 Å². The number of aliphatic hydroxyl groups excluding tert-OH is 1. The van der Waals surface area contributed by atoms with Crippen LogP contribution in [0.1, 0.15) is 13.3 Å². The van der Waals surface area contributed by atoms with Crippen LogP contribution in [0.25, 0.3) is 0 Å². The Morgan fingerprint density at radius 1 is 1.50 bits per heavy atom. The summed E-state index contributed by atoms with van der Waals surface area (Å²) in [7, 11) is 1.70. The minimum atomic E-state index is -0.417. The number of nitrogens with two attached hydrogens (primary N) is 1. The molecule has 0 heterocycles. The Bertz CT molecular complexity index is 109. The van der Waals surface area contributed by atoms with E-state index >= 15 is 0 Å². The Hall–Kier alpha value is 0.230. The molecule has 0 aromatic heterocycles. The topological polar surface area (TPSA) is 55.5 Å². The van der Waals surface area contributed by atoms with Gasteiger partial charge < -0.3 is 15.6 Å². The van der Waals surface area contributed by atoms with Crippen LogP contribution in [0, 0.1) is 0 Å². The Labute approximate surface area is 78.7 Å². The number of methoxy groups -OCH3 is 1. The van der Waals surface area contributed by atoms with Crippen LogP contribution >= 0.6 is 11.8 Å². The number of thioether (sulfide) groups is 1. The molecule has 0 aliphatic rings. The molecular weight excluding hydrogens is 174 g/mol. The highest BCUT2D eigenvalue weighted by molar-refractivity contribution is 7.99. The summed E-state index contributed by atoms with van der Waals surface area (Å²) in [4.78, 5) is 0. The second-order valence-electron chi connectivity index (χ2n) is 3.17. The minimum Gasteiger partial charge on any atom is -0.394 e. The second kappa shape index (κ2) is 6.71. The Kier molecular flexibility index (Phi) is 6.84. The molecule has 3 N–H and O–H groups in total. The smallest absolute Gasteiger partial charge is 0.0608 e. The summed E-state index contributed by atoms with van der Waals surface area (Å²) in [6.07, 6.45) is 0.845. The molecule has 4 heteroatoms. The molecule has 0 fully saturated rings. The summed E-state index contributed by atoms with van der Waals surface area (Å²) in [5, 5.41) is 8.84. The predicted octanol–water partition coefficient (Wildman–Crippen LogP) is 0.466. The molecule has 0 rings (SSSR count). The van der Waals surface area contributed by atoms with Crippen molar-refractivity contribution in [1.82, 2.24) is 0 Å². The lowest BCUT2D eigenvalue weighted by Gasteiger charge is -2.20. The van der Waals surface area contributed by atoms with E-state index in [1.807, 2.05) is 6.92 Å². The first kappa shape index (κ1) is 12.2. The first-order valence-electron chi connectivity index (χ1n) is 4.09. The summed E-state index contributed by atoms with van der Waals surface area (Å²) in [6.45, 7) is 2.70. The van der Waals surface area contributed by atoms with Crippen LogP contribution in [0.15, 0.2) is 0 Å². The highest BCUT2D eigenvalue weighted by atomic mass is 32.2. The summed E-state index contributed by atoms with van der Waals surface area (Å²) >= 11 is 1.80. The average molecular weight is 193 g/mol. The van der Waals surface area contributed by atoms with Gasteiger partial charge >= 0.3 is 0 Å². The minimum absolute atomic E-state index is 0.0534. The van der Waals surface area contributed by atoms with Gasteiger partial charge in [0.05, 0.1) is 13.2 Å². The van der Waals surface area contributed by atoms with Crippen LogP contribution < -0.4 is 5.73 Å². The van der Waals surface area contributed by atoms with Gasteiger partial charge in [-0.05, 0) is 19.1 Å². The van der Waals surface area contributed by atoms with E-state index in [9.17, 15) is 0 Å². The molecule has 0 aromatic carbocycles. The van der Waals surface area contributed by atoms with Crippen LogP contribution in [0.4, 0.5) is 0 Å². The van der Waals surface area contributed by atoms with Gasteiger partial charge in [0.15, 0.2) is 0 Å². The van der Waals surface area contributed by atoms with E-state index in [4.69, 9.17) is 15.6 Å². The summed E-state index contributed by atoms with van der Waals surface area (Å²) < 4.78 is 4.90. The van der Waals surface area contributed by atoms with Gasteiger partial charge in [0, 0.05) is 18.4 Å². The maximum atomic E-state index is 8.84. The maximum Gasteiger partial charge on any atom is 0.0608 e. The molecule has 1 unspecified atom stereocenters. The standard InChI is InChI=1S/C8H19NO2S/c1-8(9,7-10)3-5-12-6-4-11-2/h10H,3-7,9H2,1-2H3. The molecule has 12 heavy (non-hydrogen) atoms. The number of rotatable bonds is 7. The monoisotopic (exact) mass is 193 g/mol. The highest BCUT2D eigenvalue weighted by Crippen LogP contribution is 2.10. The molecule has 0 saturated carbocycles. The molecule has 0 aliphatic heterocycles. The van der Waals surface area contributed by atoms with Crippen molar-refractivity contribution in [2.24, 2.45) is 5.73 Å². The molecule has 0 bridgehead atoms. The SMILES string of the molecule is COCCSCCC(C)(N)CO. The number of hydrogen-bond donors (Lipinski definition) is 2. The molecule has 0 spiro atoms. The molecule has 1 atom stereocenters. The number of aliphatic hydroxyl groups is 1. The molecule has 3 nitrogen and oxygen atoms in total. The first-order chi connectivity index (χ1) is 5.62. The third kappa shape index (κ3) is 6.91. The lowest BCUT2D eigenvalue weighted by atomic mass is 10.0. The second-order valence-corrected chi connectivity index (χ2v) is 4.39. The van der Waals surface area contributed by atoms with Crippen molar-refractivity contribution in [2.75, 3.05) is 31.8 Å². The zero-order valence-corrected chi connectivity index (χ0v) is 8.69. The normalized spacial score (nSPS) is 16.0. The number of ether oxygens (including phenoxy) is 1. The molecule has 0 aromatic rings. The predicted molar refractivity (Wildman–Crippen MR) is 53.5 cm³/mol. The van der Waals surface area contributed by atoms with Crippen molar-refractivity contribution < 1.29 is 9.84 Å². The largest absolute Gasteiger partial charge is 0.394 e. The molecule has 0 aliphatic carbocycles. The Morgan fingerprint density at radius 2 is 2.17 bits per heavy atom. The lowest BCUT2D eigenvalue weighted by Crippen LogP contribution is -2.40. The van der Waals surface area contributed by atoms with Crippen molar-refractivity contribution in [2.45, 2.75) is 18.9 Å². The summed E-state index contributed by atoms with van der Waals surface area (Å²) in [6, 6.07) is 0. The van der Waals surface area contributed by atoms with E-state index in [0.29, 0.717) is 0 Å². The van der Waals surface area contributed by atoms with Crippen molar-refractivity contribution in [3.05, 3.63) is 0 Å². The van der Waals surface area contributed by atoms with Crippen molar-refractivity contribution in [3.63, 3.8) is 0 Å². The van der Waals surface area contributed by atoms with E-state index in [-0.39, 0.29) is 6.61 Å². The molecule has 74 valence electrons. The van der Waals surface area contributed by atoms with Gasteiger partial charge in [-0.2, -0.15) is 11.8 Å². The van der Waals surface area contributed by atoms with Gasteiger partial charge in [0.25, 0.3) is 0 Å². The van der Waals surface area contributed by atoms with E-state index in [0.717, 1.165) is 24.5 Å². The van der Waals surface area contributed by atoms with Crippen molar-refractivity contribution >= 4 is 11.8 Å². The van der Waals surface area contributed by atoms with Gasteiger partial charge in [-0.3, -0.25) is 0 Å². The van der Waals surface area contributed by atoms with Gasteiger partial charge in [-0.25, -0.2) is 0 Å². The molecule has 0 amide bonds. The van der Waals surface area contributed by atoms with Crippen molar-refractivity contribution in [3.8, 4) is 0 Å². The van der Waals surface area contributed by atoms with Gasteiger partial charge in [-0.15, -0.1) is 0 Å². The fraction of sp³-hybridized carbons (Fsp3) is 1.00. The quantitative estimate of drug-likeness (QED) is 0.577. The summed E-state index contributed by atoms with van der Waals surface area (Å²) in [5.41, 5.74) is 5.32. The van der Waals surface area contributed by atoms with Crippen LogP contribution in [-0.4, -0.2) is 42.5 Å². The highest BCUT2D eigenvalue weighted by Gasteiger charge is 2.15. The van der Waals surface area contributed by atoms with E-state index in [1.54, 1.807) is 18.9 Å². The van der Waals surface area contributed by atoms with E-state index < -0.39 is 5.54 Å². The Morgan fingerprint density at radius 3 is 2.67 bits per heavy atom. The van der Waals surface area contributed by atoms with Crippen LogP contribution in [-0.2, 0) is 4.74 Å². The number of hydrogen-bond acceptors (Lipinski definition) is 4. The van der Waals surface area contributed by atoms with E-state index in [1.165, 1.54) is 0 Å². The molecular formula is C8H19NO2S. The zero-order valence-electron chi connectivity index (χ0n) is 7.88. The average Bonchev–Trinajstić information content (AvgIpc) is 2.04. The van der Waals surface area contributed by atoms with Crippen LogP contribution in [0.5, 0.6) is 0 Å². The third-order valence-electron chi connectivity index (χ3n) is 1.61.